The van der Waals surface area contributed by atoms with Crippen molar-refractivity contribution in [1.82, 2.24) is 0 Å². The predicted molar refractivity (Wildman–Crippen MR) is 85.0 cm³/mol. The first-order valence-corrected chi connectivity index (χ1v) is 8.17. The van der Waals surface area contributed by atoms with E-state index in [9.17, 15) is 14.5 Å². The predicted octanol–water partition coefficient (Wildman–Crippen LogP) is 5.12. The van der Waals surface area contributed by atoms with Gasteiger partial charge in [0.2, 0.25) is 0 Å². The molecule has 6 heteroatoms. The number of halogens is 2. The maximum absolute atomic E-state index is 13.6. The second-order valence-electron chi connectivity index (χ2n) is 5.72. The Bertz CT molecular complexity index is 517. The van der Waals surface area contributed by atoms with Crippen LogP contribution in [0.2, 0.25) is 0 Å². The van der Waals surface area contributed by atoms with Gasteiger partial charge in [0.05, 0.1) is 9.40 Å². The van der Waals surface area contributed by atoms with Gasteiger partial charge in [0.1, 0.15) is 11.5 Å². The zero-order valence-corrected chi connectivity index (χ0v) is 13.7. The van der Waals surface area contributed by atoms with Crippen LogP contribution in [0.3, 0.4) is 0 Å². The van der Waals surface area contributed by atoms with Crippen LogP contribution in [0.4, 0.5) is 15.8 Å². The molecule has 1 aromatic carbocycles. The Morgan fingerprint density at radius 2 is 1.95 bits per heavy atom. The fourth-order valence-corrected chi connectivity index (χ4v) is 3.26. The molecule has 0 radical (unpaired) electrons. The molecule has 4 nitrogen and oxygen atoms in total. The van der Waals surface area contributed by atoms with E-state index in [1.807, 2.05) is 0 Å². The lowest BCUT2D eigenvalue weighted by Gasteiger charge is -2.28. The molecule has 1 saturated carbocycles. The first kappa shape index (κ1) is 16.2. The largest absolute Gasteiger partial charge is 0.379 e. The van der Waals surface area contributed by atoms with Gasteiger partial charge in [-0.2, -0.15) is 0 Å². The summed E-state index contributed by atoms with van der Waals surface area (Å²) in [5.41, 5.74) is 0.170. The van der Waals surface area contributed by atoms with Crippen LogP contribution in [0.5, 0.6) is 0 Å². The van der Waals surface area contributed by atoms with Crippen LogP contribution in [-0.4, -0.2) is 11.5 Å². The molecule has 0 aliphatic heterocycles. The van der Waals surface area contributed by atoms with Crippen molar-refractivity contribution in [2.45, 2.75) is 39.0 Å². The van der Waals surface area contributed by atoms with Crippen LogP contribution < -0.4 is 5.32 Å². The molecule has 116 valence electrons. The molecule has 0 heterocycles. The van der Waals surface area contributed by atoms with Gasteiger partial charge < -0.3 is 5.32 Å². The summed E-state index contributed by atoms with van der Waals surface area (Å²) in [6.45, 7) is 2.88. The molecule has 1 N–H and O–H groups in total. The van der Waals surface area contributed by atoms with E-state index in [-0.39, 0.29) is 15.8 Å². The first-order valence-electron chi connectivity index (χ1n) is 7.38. The van der Waals surface area contributed by atoms with Crippen LogP contribution >= 0.6 is 15.9 Å². The van der Waals surface area contributed by atoms with Crippen molar-refractivity contribution < 1.29 is 9.31 Å². The van der Waals surface area contributed by atoms with Crippen molar-refractivity contribution in [3.8, 4) is 0 Å². The molecular weight excluding hydrogens is 339 g/mol. The number of nitrogens with one attached hydrogen (secondary N) is 1. The highest BCUT2D eigenvalue weighted by Crippen LogP contribution is 2.33. The third kappa shape index (κ3) is 4.15. The van der Waals surface area contributed by atoms with E-state index in [2.05, 4.69) is 28.2 Å². The summed E-state index contributed by atoms with van der Waals surface area (Å²) >= 11 is 2.98. The summed E-state index contributed by atoms with van der Waals surface area (Å²) < 4.78 is 13.7. The van der Waals surface area contributed by atoms with Gasteiger partial charge in [0, 0.05) is 18.7 Å². The summed E-state index contributed by atoms with van der Waals surface area (Å²) in [5.74, 6) is 0.845. The Labute approximate surface area is 132 Å². The van der Waals surface area contributed by atoms with Crippen LogP contribution in [-0.2, 0) is 0 Å². The van der Waals surface area contributed by atoms with Gasteiger partial charge in [0.15, 0.2) is 0 Å². The van der Waals surface area contributed by atoms with Gasteiger partial charge in [-0.3, -0.25) is 10.1 Å². The zero-order chi connectivity index (χ0) is 15.4. The van der Waals surface area contributed by atoms with Crippen molar-refractivity contribution in [3.05, 3.63) is 32.5 Å². The Balaban J connectivity index is 2.00. The van der Waals surface area contributed by atoms with Gasteiger partial charge in [-0.15, -0.1) is 0 Å². The van der Waals surface area contributed by atoms with Crippen LogP contribution in [0.15, 0.2) is 16.6 Å². The van der Waals surface area contributed by atoms with Crippen LogP contribution in [0, 0.1) is 27.8 Å². The standard InChI is InChI=1S/C15H20BrFN2O2/c1-2-10-3-5-11(6-4-10)9-18-14-8-13(17)12(16)7-15(14)19(20)21/h7-8,10-11,18H,2-6,9H2,1H3. The molecule has 2 rings (SSSR count). The number of nitro groups is 1. The van der Waals surface area contributed by atoms with E-state index in [1.165, 1.54) is 31.4 Å². The molecule has 0 spiro atoms. The molecule has 21 heavy (non-hydrogen) atoms. The van der Waals surface area contributed by atoms with E-state index in [0.717, 1.165) is 18.8 Å². The number of nitro benzene ring substituents is 1. The third-order valence-corrected chi connectivity index (χ3v) is 4.97. The van der Waals surface area contributed by atoms with Gasteiger partial charge in [-0.05, 0) is 40.6 Å². The van der Waals surface area contributed by atoms with E-state index < -0.39 is 10.7 Å². The molecule has 0 aromatic heterocycles. The lowest BCUT2D eigenvalue weighted by molar-refractivity contribution is -0.384. The summed E-state index contributed by atoms with van der Waals surface area (Å²) in [6, 6.07) is 2.41. The van der Waals surface area contributed by atoms with Gasteiger partial charge in [-0.25, -0.2) is 4.39 Å². The minimum absolute atomic E-state index is 0.0921. The molecule has 1 aliphatic carbocycles. The Morgan fingerprint density at radius 1 is 1.33 bits per heavy atom. The van der Waals surface area contributed by atoms with Gasteiger partial charge >= 0.3 is 0 Å². The highest BCUT2D eigenvalue weighted by Gasteiger charge is 2.22. The highest BCUT2D eigenvalue weighted by molar-refractivity contribution is 9.10. The second kappa shape index (κ2) is 7.20. The van der Waals surface area contributed by atoms with Crippen molar-refractivity contribution in [3.63, 3.8) is 0 Å². The molecular formula is C15H20BrFN2O2. The maximum Gasteiger partial charge on any atom is 0.293 e. The lowest BCUT2D eigenvalue weighted by Crippen LogP contribution is -2.21. The number of rotatable bonds is 5. The Kier molecular flexibility index (Phi) is 5.56. The van der Waals surface area contributed by atoms with Crippen molar-refractivity contribution >= 4 is 27.3 Å². The second-order valence-corrected chi connectivity index (χ2v) is 6.57. The third-order valence-electron chi connectivity index (χ3n) is 4.36. The minimum atomic E-state index is -0.488. The number of nitrogens with zero attached hydrogens (tertiary/aromatic N) is 1. The smallest absolute Gasteiger partial charge is 0.293 e. The average Bonchev–Trinajstić information content (AvgIpc) is 2.48. The summed E-state index contributed by atoms with van der Waals surface area (Å²) in [7, 11) is 0. The number of anilines is 1. The van der Waals surface area contributed by atoms with Crippen molar-refractivity contribution in [1.29, 1.82) is 0 Å². The lowest BCUT2D eigenvalue weighted by atomic mass is 9.81. The van der Waals surface area contributed by atoms with E-state index >= 15 is 0 Å². The number of hydrogen-bond acceptors (Lipinski definition) is 3. The van der Waals surface area contributed by atoms with Gasteiger partial charge in [-0.1, -0.05) is 26.2 Å². The van der Waals surface area contributed by atoms with Crippen molar-refractivity contribution in [2.24, 2.45) is 11.8 Å². The SMILES string of the molecule is CCC1CCC(CNc2cc(F)c(Br)cc2[N+](=O)[O-])CC1. The summed E-state index contributed by atoms with van der Waals surface area (Å²) in [5, 5.41) is 14.1. The molecule has 0 saturated heterocycles. The number of benzene rings is 1. The van der Waals surface area contributed by atoms with Crippen molar-refractivity contribution in [2.75, 3.05) is 11.9 Å². The summed E-state index contributed by atoms with van der Waals surface area (Å²) in [6.07, 6.45) is 5.94. The van der Waals surface area contributed by atoms with E-state index in [0.29, 0.717) is 12.5 Å². The van der Waals surface area contributed by atoms with E-state index in [1.54, 1.807) is 0 Å². The fraction of sp³-hybridized carbons (Fsp3) is 0.600. The first-order chi connectivity index (χ1) is 10.0. The molecule has 0 bridgehead atoms. The topological polar surface area (TPSA) is 55.2 Å². The quantitative estimate of drug-likeness (QED) is 0.586. The summed E-state index contributed by atoms with van der Waals surface area (Å²) in [4.78, 5) is 10.6. The molecule has 0 amide bonds. The normalized spacial score (nSPS) is 22.0. The van der Waals surface area contributed by atoms with Crippen LogP contribution in [0.25, 0.3) is 0 Å². The van der Waals surface area contributed by atoms with Crippen LogP contribution in [0.1, 0.15) is 39.0 Å². The minimum Gasteiger partial charge on any atom is -0.379 e. The fourth-order valence-electron chi connectivity index (χ4n) is 2.93. The Hall–Kier alpha value is -1.17. The molecule has 0 atom stereocenters. The molecule has 1 aliphatic rings. The van der Waals surface area contributed by atoms with E-state index in [4.69, 9.17) is 0 Å². The molecule has 0 unspecified atom stereocenters. The maximum atomic E-state index is 13.6. The molecule has 1 fully saturated rings. The Morgan fingerprint density at radius 3 is 2.52 bits per heavy atom. The molecule has 1 aromatic rings. The number of hydrogen-bond donors (Lipinski definition) is 1. The monoisotopic (exact) mass is 358 g/mol. The highest BCUT2D eigenvalue weighted by atomic mass is 79.9. The average molecular weight is 359 g/mol. The zero-order valence-electron chi connectivity index (χ0n) is 12.1. The van der Waals surface area contributed by atoms with Gasteiger partial charge in [0.25, 0.3) is 5.69 Å².